The van der Waals surface area contributed by atoms with Crippen molar-refractivity contribution in [3.63, 3.8) is 0 Å². The van der Waals surface area contributed by atoms with Crippen molar-refractivity contribution in [2.45, 2.75) is 13.5 Å². The predicted octanol–water partition coefficient (Wildman–Crippen LogP) is 4.99. The molecule has 1 amide bonds. The van der Waals surface area contributed by atoms with Crippen LogP contribution < -0.4 is 10.1 Å². The number of hydrogen-bond donors (Lipinski definition) is 1. The Morgan fingerprint density at radius 2 is 1.72 bits per heavy atom. The van der Waals surface area contributed by atoms with Gasteiger partial charge in [0.2, 0.25) is 4.96 Å². The molecule has 0 aliphatic carbocycles. The molecule has 2 heterocycles. The average Bonchev–Trinajstić information content (AvgIpc) is 3.41. The van der Waals surface area contributed by atoms with E-state index >= 15 is 0 Å². The van der Waals surface area contributed by atoms with Crippen molar-refractivity contribution >= 4 is 27.9 Å². The number of nitrogens with one attached hydrogen (secondary N) is 1. The monoisotopic (exact) mass is 441 g/mol. The van der Waals surface area contributed by atoms with Gasteiger partial charge in [-0.2, -0.15) is 9.61 Å². The zero-order chi connectivity index (χ0) is 21.9. The molecule has 0 spiro atoms. The van der Waals surface area contributed by atoms with E-state index in [1.165, 1.54) is 11.3 Å². The molecule has 0 unspecified atom stereocenters. The molecule has 3 aromatic carbocycles. The standard InChI is InChI=1S/C24H19N5O2S/c1-16-26-27-24-29(16)28-23(32-24)20-9-5-6-10-21(20)25-22(30)18-11-13-19(14-12-18)31-15-17-7-3-2-4-8-17/h2-14H,15H2,1H3,(H,25,30). The van der Waals surface area contributed by atoms with Crippen molar-refractivity contribution < 1.29 is 9.53 Å². The first-order chi connectivity index (χ1) is 15.7. The van der Waals surface area contributed by atoms with Crippen molar-refractivity contribution in [2.24, 2.45) is 0 Å². The molecule has 7 nitrogen and oxygen atoms in total. The average molecular weight is 442 g/mol. The lowest BCUT2D eigenvalue weighted by Crippen LogP contribution is -2.12. The van der Waals surface area contributed by atoms with Crippen LogP contribution in [0.3, 0.4) is 0 Å². The van der Waals surface area contributed by atoms with Gasteiger partial charge < -0.3 is 10.1 Å². The summed E-state index contributed by atoms with van der Waals surface area (Å²) in [6.07, 6.45) is 0. The number of aryl methyl sites for hydroxylation is 1. The van der Waals surface area contributed by atoms with Gasteiger partial charge in [-0.1, -0.05) is 53.8 Å². The molecule has 8 heteroatoms. The quantitative estimate of drug-likeness (QED) is 0.401. The molecule has 0 saturated carbocycles. The zero-order valence-electron chi connectivity index (χ0n) is 17.2. The van der Waals surface area contributed by atoms with Gasteiger partial charge >= 0.3 is 0 Å². The Bertz CT molecular complexity index is 1380. The van der Waals surface area contributed by atoms with E-state index in [1.54, 1.807) is 28.8 Å². The first kappa shape index (κ1) is 19.9. The van der Waals surface area contributed by atoms with Crippen LogP contribution in [0.5, 0.6) is 5.75 Å². The maximum Gasteiger partial charge on any atom is 0.255 e. The molecule has 0 atom stereocenters. The summed E-state index contributed by atoms with van der Waals surface area (Å²) in [5.41, 5.74) is 3.15. The number of ether oxygens (including phenoxy) is 1. The number of anilines is 1. The molecule has 5 aromatic rings. The summed E-state index contributed by atoms with van der Waals surface area (Å²) in [5, 5.41) is 16.5. The SMILES string of the molecule is Cc1nnc2sc(-c3ccccc3NC(=O)c3ccc(OCc4ccccc4)cc3)nn12. The lowest BCUT2D eigenvalue weighted by atomic mass is 10.1. The molecule has 2 aromatic heterocycles. The van der Waals surface area contributed by atoms with Crippen LogP contribution in [0.2, 0.25) is 0 Å². The summed E-state index contributed by atoms with van der Waals surface area (Å²) in [6.45, 7) is 2.33. The second-order valence-corrected chi connectivity index (χ2v) is 8.10. The van der Waals surface area contributed by atoms with Crippen molar-refractivity contribution in [1.82, 2.24) is 19.8 Å². The Morgan fingerprint density at radius 3 is 2.50 bits per heavy atom. The third-order valence-electron chi connectivity index (χ3n) is 4.92. The number of aromatic nitrogens is 4. The molecular weight excluding hydrogens is 422 g/mol. The van der Waals surface area contributed by atoms with Crippen molar-refractivity contribution in [1.29, 1.82) is 0 Å². The van der Waals surface area contributed by atoms with Gasteiger partial charge in [-0.05, 0) is 48.9 Å². The lowest BCUT2D eigenvalue weighted by molar-refractivity contribution is 0.102. The number of amides is 1. The Balaban J connectivity index is 1.31. The molecule has 0 aliphatic heterocycles. The molecule has 0 bridgehead atoms. The fourth-order valence-corrected chi connectivity index (χ4v) is 4.16. The van der Waals surface area contributed by atoms with E-state index in [0.29, 0.717) is 28.6 Å². The van der Waals surface area contributed by atoms with Crippen molar-refractivity contribution in [3.05, 3.63) is 95.8 Å². The van der Waals surface area contributed by atoms with E-state index in [-0.39, 0.29) is 5.91 Å². The minimum absolute atomic E-state index is 0.203. The number of benzene rings is 3. The van der Waals surface area contributed by atoms with Gasteiger partial charge in [-0.3, -0.25) is 4.79 Å². The van der Waals surface area contributed by atoms with Crippen LogP contribution in [0.4, 0.5) is 5.69 Å². The van der Waals surface area contributed by atoms with Crippen molar-refractivity contribution in [2.75, 3.05) is 5.32 Å². The molecule has 5 rings (SSSR count). The number of carbonyl (C=O) groups excluding carboxylic acids is 1. The highest BCUT2D eigenvalue weighted by molar-refractivity contribution is 7.19. The van der Waals surface area contributed by atoms with Crippen LogP contribution in [0.15, 0.2) is 78.9 Å². The van der Waals surface area contributed by atoms with E-state index in [0.717, 1.165) is 22.0 Å². The van der Waals surface area contributed by atoms with E-state index in [4.69, 9.17) is 4.74 Å². The molecule has 0 radical (unpaired) electrons. The molecule has 0 saturated heterocycles. The van der Waals surface area contributed by atoms with Crippen LogP contribution in [0.1, 0.15) is 21.7 Å². The van der Waals surface area contributed by atoms with E-state index in [2.05, 4.69) is 20.6 Å². The fraction of sp³-hybridized carbons (Fsp3) is 0.0833. The summed E-state index contributed by atoms with van der Waals surface area (Å²) in [5.74, 6) is 1.23. The first-order valence-electron chi connectivity index (χ1n) is 10.0. The normalized spacial score (nSPS) is 10.9. The summed E-state index contributed by atoms with van der Waals surface area (Å²) in [7, 11) is 0. The zero-order valence-corrected chi connectivity index (χ0v) is 18.0. The smallest absolute Gasteiger partial charge is 0.255 e. The molecule has 0 aliphatic rings. The highest BCUT2D eigenvalue weighted by Crippen LogP contribution is 2.31. The van der Waals surface area contributed by atoms with Crippen molar-refractivity contribution in [3.8, 4) is 16.3 Å². The Kier molecular flexibility index (Phi) is 5.35. The maximum atomic E-state index is 12.9. The Hall–Kier alpha value is -4.04. The van der Waals surface area contributed by atoms with Crippen LogP contribution in [-0.4, -0.2) is 25.7 Å². The Morgan fingerprint density at radius 1 is 0.969 bits per heavy atom. The molecular formula is C24H19N5O2S. The van der Waals surface area contributed by atoms with E-state index in [1.807, 2.05) is 61.5 Å². The Labute approximate surface area is 188 Å². The number of para-hydroxylation sites is 1. The second kappa shape index (κ2) is 8.60. The topological polar surface area (TPSA) is 81.4 Å². The number of rotatable bonds is 6. The highest BCUT2D eigenvalue weighted by Gasteiger charge is 2.15. The van der Waals surface area contributed by atoms with Gasteiger partial charge in [0, 0.05) is 11.1 Å². The van der Waals surface area contributed by atoms with E-state index in [9.17, 15) is 4.79 Å². The number of nitrogens with zero attached hydrogens (tertiary/aromatic N) is 4. The van der Waals surface area contributed by atoms with Gasteiger partial charge in [-0.25, -0.2) is 0 Å². The second-order valence-electron chi connectivity index (χ2n) is 7.15. The summed E-state index contributed by atoms with van der Waals surface area (Å²) in [6, 6.07) is 24.6. The van der Waals surface area contributed by atoms with Gasteiger partial charge in [0.25, 0.3) is 5.91 Å². The largest absolute Gasteiger partial charge is 0.489 e. The molecule has 1 N–H and O–H groups in total. The minimum Gasteiger partial charge on any atom is -0.489 e. The minimum atomic E-state index is -0.203. The summed E-state index contributed by atoms with van der Waals surface area (Å²) >= 11 is 1.42. The van der Waals surface area contributed by atoms with Gasteiger partial charge in [0.05, 0.1) is 5.69 Å². The summed E-state index contributed by atoms with van der Waals surface area (Å²) < 4.78 is 7.50. The number of hydrogen-bond acceptors (Lipinski definition) is 6. The third-order valence-corrected chi connectivity index (χ3v) is 5.85. The molecule has 32 heavy (non-hydrogen) atoms. The third kappa shape index (κ3) is 4.08. The van der Waals surface area contributed by atoms with Crippen LogP contribution in [0, 0.1) is 6.92 Å². The maximum absolute atomic E-state index is 12.9. The van der Waals surface area contributed by atoms with Crippen LogP contribution in [-0.2, 0) is 6.61 Å². The van der Waals surface area contributed by atoms with Crippen LogP contribution >= 0.6 is 11.3 Å². The van der Waals surface area contributed by atoms with Gasteiger partial charge in [-0.15, -0.1) is 10.2 Å². The van der Waals surface area contributed by atoms with Gasteiger partial charge in [0.1, 0.15) is 17.4 Å². The summed E-state index contributed by atoms with van der Waals surface area (Å²) in [4.78, 5) is 13.6. The lowest BCUT2D eigenvalue weighted by Gasteiger charge is -2.10. The first-order valence-corrected chi connectivity index (χ1v) is 10.9. The van der Waals surface area contributed by atoms with Crippen LogP contribution in [0.25, 0.3) is 15.5 Å². The number of carbonyl (C=O) groups is 1. The molecule has 158 valence electrons. The highest BCUT2D eigenvalue weighted by atomic mass is 32.1. The molecule has 0 fully saturated rings. The van der Waals surface area contributed by atoms with E-state index < -0.39 is 0 Å². The predicted molar refractivity (Wildman–Crippen MR) is 124 cm³/mol. The van der Waals surface area contributed by atoms with Gasteiger partial charge in [0.15, 0.2) is 5.82 Å². The fourth-order valence-electron chi connectivity index (χ4n) is 3.24. The number of fused-ring (bicyclic) bond motifs is 1.